The number of benzene rings is 2. The molecule has 6 nitrogen and oxygen atoms in total. The molecule has 0 N–H and O–H groups in total. The Morgan fingerprint density at radius 2 is 1.76 bits per heavy atom. The van der Waals surface area contributed by atoms with Gasteiger partial charge < -0.3 is 4.90 Å². The maximum atomic E-state index is 13.6. The molecule has 1 amide bonds. The molecular weight excluding hydrogens is 458 g/mol. The molecule has 0 saturated carbocycles. The van der Waals surface area contributed by atoms with Gasteiger partial charge in [-0.05, 0) is 55.8 Å². The van der Waals surface area contributed by atoms with E-state index in [4.69, 9.17) is 11.6 Å². The Hall–Kier alpha value is -3.42. The maximum absolute atomic E-state index is 13.6. The number of hydrogen-bond acceptors (Lipinski definition) is 4. The summed E-state index contributed by atoms with van der Waals surface area (Å²) in [4.78, 5) is 43.3. The van der Waals surface area contributed by atoms with Crippen molar-refractivity contribution in [3.63, 3.8) is 0 Å². The van der Waals surface area contributed by atoms with Gasteiger partial charge in [0.25, 0.3) is 5.56 Å². The number of thiophene rings is 1. The Morgan fingerprint density at radius 1 is 1.09 bits per heavy atom. The van der Waals surface area contributed by atoms with Gasteiger partial charge in [-0.1, -0.05) is 35.9 Å². The third-order valence-electron chi connectivity index (χ3n) is 5.51. The van der Waals surface area contributed by atoms with Gasteiger partial charge in [-0.2, -0.15) is 0 Å². The molecular formula is C25H22ClN3O3S. The van der Waals surface area contributed by atoms with Crippen LogP contribution in [-0.4, -0.2) is 21.6 Å². The van der Waals surface area contributed by atoms with Gasteiger partial charge in [-0.25, -0.2) is 9.36 Å². The van der Waals surface area contributed by atoms with Crippen LogP contribution in [0.2, 0.25) is 5.02 Å². The fraction of sp³-hybridized carbons (Fsp3) is 0.160. The summed E-state index contributed by atoms with van der Waals surface area (Å²) >= 11 is 7.34. The minimum absolute atomic E-state index is 0.217. The first kappa shape index (κ1) is 22.8. The molecule has 4 rings (SSSR count). The van der Waals surface area contributed by atoms with Crippen LogP contribution in [0.4, 0.5) is 5.69 Å². The van der Waals surface area contributed by atoms with Crippen molar-refractivity contribution in [2.24, 2.45) is 0 Å². The molecule has 33 heavy (non-hydrogen) atoms. The number of carbonyl (C=O) groups is 1. The van der Waals surface area contributed by atoms with E-state index >= 15 is 0 Å². The van der Waals surface area contributed by atoms with Crippen LogP contribution in [0.5, 0.6) is 0 Å². The minimum atomic E-state index is -0.573. The van der Waals surface area contributed by atoms with Crippen LogP contribution in [0, 0.1) is 13.8 Å². The summed E-state index contributed by atoms with van der Waals surface area (Å²) in [5, 5.41) is 0.934. The maximum Gasteiger partial charge on any atom is 0.337 e. The number of nitrogens with zero attached hydrogens (tertiary/aromatic N) is 3. The number of amides is 1. The molecule has 168 valence electrons. The topological polar surface area (TPSA) is 64.3 Å². The molecule has 0 fully saturated rings. The zero-order valence-electron chi connectivity index (χ0n) is 18.2. The van der Waals surface area contributed by atoms with E-state index in [0.717, 1.165) is 15.0 Å². The summed E-state index contributed by atoms with van der Waals surface area (Å²) in [6.07, 6.45) is 1.64. The van der Waals surface area contributed by atoms with Gasteiger partial charge in [-0.15, -0.1) is 17.9 Å². The van der Waals surface area contributed by atoms with Gasteiger partial charge in [0.1, 0.15) is 11.4 Å². The largest absolute Gasteiger partial charge is 0.337 e. The molecule has 2 aromatic carbocycles. The molecule has 0 aliphatic rings. The molecule has 0 unspecified atom stereocenters. The summed E-state index contributed by atoms with van der Waals surface area (Å²) in [6.45, 7) is 7.58. The Morgan fingerprint density at radius 3 is 2.39 bits per heavy atom. The predicted octanol–water partition coefficient (Wildman–Crippen LogP) is 4.70. The third-order valence-corrected chi connectivity index (χ3v) is 6.99. The van der Waals surface area contributed by atoms with Gasteiger partial charge in [0.05, 0.1) is 11.1 Å². The molecule has 0 atom stereocenters. The van der Waals surface area contributed by atoms with Crippen molar-refractivity contribution in [1.82, 2.24) is 9.13 Å². The molecule has 8 heteroatoms. The lowest BCUT2D eigenvalue weighted by Gasteiger charge is -2.22. The van der Waals surface area contributed by atoms with Crippen molar-refractivity contribution in [1.29, 1.82) is 0 Å². The molecule has 2 aromatic heterocycles. The van der Waals surface area contributed by atoms with E-state index in [9.17, 15) is 14.4 Å². The summed E-state index contributed by atoms with van der Waals surface area (Å²) in [6, 6.07) is 15.7. The number of anilines is 1. The number of aromatic nitrogens is 2. The predicted molar refractivity (Wildman–Crippen MR) is 135 cm³/mol. The summed E-state index contributed by atoms with van der Waals surface area (Å²) in [7, 11) is 0. The van der Waals surface area contributed by atoms with Crippen LogP contribution in [0.25, 0.3) is 15.9 Å². The van der Waals surface area contributed by atoms with Gasteiger partial charge in [0, 0.05) is 22.1 Å². The van der Waals surface area contributed by atoms with Crippen molar-refractivity contribution in [2.45, 2.75) is 20.4 Å². The van der Waals surface area contributed by atoms with Crippen LogP contribution >= 0.6 is 22.9 Å². The first-order valence-corrected chi connectivity index (χ1v) is 11.5. The van der Waals surface area contributed by atoms with E-state index < -0.39 is 11.2 Å². The molecule has 2 heterocycles. The number of rotatable bonds is 6. The molecule has 0 radical (unpaired) electrons. The van der Waals surface area contributed by atoms with E-state index in [-0.39, 0.29) is 12.5 Å². The molecule has 0 spiro atoms. The highest BCUT2D eigenvalue weighted by Crippen LogP contribution is 2.27. The van der Waals surface area contributed by atoms with E-state index in [1.165, 1.54) is 15.9 Å². The normalized spacial score (nSPS) is 11.0. The van der Waals surface area contributed by atoms with E-state index in [1.54, 1.807) is 35.2 Å². The van der Waals surface area contributed by atoms with Crippen molar-refractivity contribution in [2.75, 3.05) is 11.4 Å². The van der Waals surface area contributed by atoms with E-state index in [0.29, 0.717) is 33.2 Å². The third kappa shape index (κ3) is 4.17. The Balaban J connectivity index is 1.91. The lowest BCUT2D eigenvalue weighted by molar-refractivity contribution is -0.119. The molecule has 0 saturated heterocycles. The molecule has 0 aliphatic heterocycles. The van der Waals surface area contributed by atoms with Crippen LogP contribution in [0.1, 0.15) is 10.4 Å². The van der Waals surface area contributed by atoms with Gasteiger partial charge in [-0.3, -0.25) is 14.2 Å². The minimum Gasteiger partial charge on any atom is -0.307 e. The molecule has 4 aromatic rings. The first-order valence-electron chi connectivity index (χ1n) is 10.3. The standard InChI is InChI=1S/C25H22ClN3O3S/c1-4-14-27(19-8-6-5-7-9-19)21(30)15-28-24-22(16(2)17(3)33-24)23(31)29(25(28)32)20-12-10-18(26)11-13-20/h4-13H,1,14-15H2,2-3H3. The SMILES string of the molecule is C=CCN(C(=O)Cn1c(=O)n(-c2ccc(Cl)cc2)c(=O)c2c(C)c(C)sc21)c1ccccc1. The zero-order chi connectivity index (χ0) is 23.7. The lowest BCUT2D eigenvalue weighted by atomic mass is 10.2. The average molecular weight is 480 g/mol. The van der Waals surface area contributed by atoms with Crippen molar-refractivity contribution < 1.29 is 4.79 Å². The lowest BCUT2D eigenvalue weighted by Crippen LogP contribution is -2.42. The van der Waals surface area contributed by atoms with Crippen LogP contribution < -0.4 is 16.1 Å². The van der Waals surface area contributed by atoms with E-state index in [1.807, 2.05) is 44.2 Å². The van der Waals surface area contributed by atoms with E-state index in [2.05, 4.69) is 6.58 Å². The number of fused-ring (bicyclic) bond motifs is 1. The summed E-state index contributed by atoms with van der Waals surface area (Å²) in [5.74, 6) is -0.283. The number of hydrogen-bond donors (Lipinski definition) is 0. The molecule has 0 aliphatic carbocycles. The fourth-order valence-corrected chi connectivity index (χ4v) is 4.99. The zero-order valence-corrected chi connectivity index (χ0v) is 19.8. The highest BCUT2D eigenvalue weighted by atomic mass is 35.5. The van der Waals surface area contributed by atoms with Crippen LogP contribution in [0.15, 0.2) is 76.8 Å². The first-order chi connectivity index (χ1) is 15.8. The monoisotopic (exact) mass is 479 g/mol. The highest BCUT2D eigenvalue weighted by molar-refractivity contribution is 7.18. The van der Waals surface area contributed by atoms with Gasteiger partial charge in [0.2, 0.25) is 5.91 Å². The Kier molecular flexibility index (Phi) is 6.35. The highest BCUT2D eigenvalue weighted by Gasteiger charge is 2.23. The second-order valence-corrected chi connectivity index (χ2v) is 9.22. The van der Waals surface area contributed by atoms with Gasteiger partial charge >= 0.3 is 5.69 Å². The fourth-order valence-electron chi connectivity index (χ4n) is 3.72. The number of aryl methyl sites for hydroxylation is 2. The second kappa shape index (κ2) is 9.21. The Bertz CT molecular complexity index is 1470. The van der Waals surface area contributed by atoms with Crippen molar-refractivity contribution >= 4 is 44.7 Å². The summed E-state index contributed by atoms with van der Waals surface area (Å²) in [5.41, 5.74) is 0.919. The number of carbonyl (C=O) groups excluding carboxylic acids is 1. The van der Waals surface area contributed by atoms with Crippen LogP contribution in [0.3, 0.4) is 0 Å². The number of para-hydroxylation sites is 1. The van der Waals surface area contributed by atoms with Crippen molar-refractivity contribution in [3.8, 4) is 5.69 Å². The summed E-state index contributed by atoms with van der Waals surface area (Å²) < 4.78 is 2.49. The average Bonchev–Trinajstić information content (AvgIpc) is 3.11. The smallest absolute Gasteiger partial charge is 0.307 e. The Labute approximate surface area is 199 Å². The van der Waals surface area contributed by atoms with Crippen LogP contribution in [-0.2, 0) is 11.3 Å². The number of halogens is 1. The molecule has 0 bridgehead atoms. The second-order valence-electron chi connectivity index (χ2n) is 7.58. The quantitative estimate of drug-likeness (QED) is 0.376. The van der Waals surface area contributed by atoms with Gasteiger partial charge in [0.15, 0.2) is 0 Å². The van der Waals surface area contributed by atoms with Crippen molar-refractivity contribution in [3.05, 3.63) is 104 Å².